The molecular weight excluding hydrogens is 372 g/mol. The Hall–Kier alpha value is -1.55. The summed E-state index contributed by atoms with van der Waals surface area (Å²) in [5.74, 6) is 0.998. The Kier molecular flexibility index (Phi) is 6.69. The van der Waals surface area contributed by atoms with Gasteiger partial charge in [0.2, 0.25) is 11.8 Å². The minimum Gasteiger partial charge on any atom is -0.349 e. The molecule has 0 radical (unpaired) electrons. The molecule has 2 aliphatic rings. The number of nitrogens with one attached hydrogen (secondary N) is 1. The first-order chi connectivity index (χ1) is 13.3. The maximum absolute atomic E-state index is 13.4. The topological polar surface area (TPSA) is 49.4 Å². The Morgan fingerprint density at radius 3 is 2.36 bits per heavy atom. The van der Waals surface area contributed by atoms with E-state index in [4.69, 9.17) is 11.6 Å². The summed E-state index contributed by atoms with van der Waals surface area (Å²) in [6.07, 6.45) is 6.51. The lowest BCUT2D eigenvalue weighted by molar-refractivity contribution is -0.136. The smallest absolute Gasteiger partial charge is 0.226 e. The molecule has 1 atom stereocenters. The van der Waals surface area contributed by atoms with E-state index in [9.17, 15) is 9.59 Å². The molecule has 1 saturated carbocycles. The van der Waals surface area contributed by atoms with Crippen molar-refractivity contribution in [2.75, 3.05) is 13.1 Å². The number of benzene rings is 1. The molecule has 0 bridgehead atoms. The van der Waals surface area contributed by atoms with Crippen molar-refractivity contribution >= 4 is 23.4 Å². The van der Waals surface area contributed by atoms with Crippen molar-refractivity contribution < 1.29 is 9.59 Å². The van der Waals surface area contributed by atoms with Crippen LogP contribution >= 0.6 is 11.6 Å². The molecule has 1 saturated heterocycles. The van der Waals surface area contributed by atoms with Gasteiger partial charge in [0.25, 0.3) is 0 Å². The third-order valence-corrected chi connectivity index (χ3v) is 7.15. The molecule has 0 spiro atoms. The standard InChI is InChI=1S/C23H33ClN2O2/c1-16(27)26-13-11-19(12-14-26)23(2,3)22(28)25-21(17-7-4-5-8-17)18-9-6-10-20(24)15-18/h6,9-10,15,17,19,21H,4-5,7-8,11-14H2,1-3H3,(H,25,28)/t21-/m0/s1. The van der Waals surface area contributed by atoms with Gasteiger partial charge in [-0.2, -0.15) is 0 Å². The van der Waals surface area contributed by atoms with Crippen LogP contribution in [0.15, 0.2) is 24.3 Å². The fourth-order valence-electron chi connectivity index (χ4n) is 4.89. The first-order valence-corrected chi connectivity index (χ1v) is 11.0. The van der Waals surface area contributed by atoms with E-state index in [0.29, 0.717) is 10.9 Å². The average Bonchev–Trinajstić information content (AvgIpc) is 3.20. The maximum atomic E-state index is 13.4. The largest absolute Gasteiger partial charge is 0.349 e. The zero-order chi connectivity index (χ0) is 20.3. The molecule has 1 aromatic carbocycles. The third-order valence-electron chi connectivity index (χ3n) is 6.91. The predicted molar refractivity (Wildman–Crippen MR) is 113 cm³/mol. The van der Waals surface area contributed by atoms with Gasteiger partial charge in [0.15, 0.2) is 0 Å². The van der Waals surface area contributed by atoms with Gasteiger partial charge in [-0.3, -0.25) is 9.59 Å². The maximum Gasteiger partial charge on any atom is 0.226 e. The molecule has 2 amide bonds. The van der Waals surface area contributed by atoms with Gasteiger partial charge in [0.1, 0.15) is 0 Å². The van der Waals surface area contributed by atoms with Crippen molar-refractivity contribution in [2.45, 2.75) is 65.3 Å². The van der Waals surface area contributed by atoms with Crippen molar-refractivity contribution in [1.82, 2.24) is 10.2 Å². The van der Waals surface area contributed by atoms with Crippen LogP contribution in [0.2, 0.25) is 5.02 Å². The molecule has 1 aliphatic carbocycles. The normalized spacial score (nSPS) is 20.2. The summed E-state index contributed by atoms with van der Waals surface area (Å²) in [5, 5.41) is 4.11. The fraction of sp³-hybridized carbons (Fsp3) is 0.652. The Morgan fingerprint density at radius 2 is 1.79 bits per heavy atom. The predicted octanol–water partition coefficient (Wildman–Crippen LogP) is 4.97. The highest BCUT2D eigenvalue weighted by Crippen LogP contribution is 2.39. The Balaban J connectivity index is 1.72. The number of halogens is 1. The zero-order valence-corrected chi connectivity index (χ0v) is 18.1. The molecule has 1 aromatic rings. The van der Waals surface area contributed by atoms with Gasteiger partial charge in [-0.1, -0.05) is 50.4 Å². The second-order valence-electron chi connectivity index (χ2n) is 9.05. The molecule has 4 nitrogen and oxygen atoms in total. The highest BCUT2D eigenvalue weighted by Gasteiger charge is 2.40. The lowest BCUT2D eigenvalue weighted by atomic mass is 9.72. The summed E-state index contributed by atoms with van der Waals surface area (Å²) in [6.45, 7) is 7.23. The van der Waals surface area contributed by atoms with Crippen molar-refractivity contribution in [3.05, 3.63) is 34.9 Å². The van der Waals surface area contributed by atoms with E-state index in [1.165, 1.54) is 12.8 Å². The van der Waals surface area contributed by atoms with E-state index < -0.39 is 5.41 Å². The summed E-state index contributed by atoms with van der Waals surface area (Å²) in [6, 6.07) is 7.93. The highest BCUT2D eigenvalue weighted by molar-refractivity contribution is 6.30. The minimum absolute atomic E-state index is 0.0188. The van der Waals surface area contributed by atoms with Gasteiger partial charge in [0.05, 0.1) is 6.04 Å². The Labute approximate surface area is 174 Å². The molecule has 0 unspecified atom stereocenters. The molecule has 0 aromatic heterocycles. The van der Waals surface area contributed by atoms with Gasteiger partial charge in [-0.05, 0) is 55.2 Å². The fourth-order valence-corrected chi connectivity index (χ4v) is 5.09. The molecule has 3 rings (SSSR count). The second-order valence-corrected chi connectivity index (χ2v) is 9.49. The van der Waals surface area contributed by atoms with Crippen LogP contribution in [0, 0.1) is 17.3 Å². The van der Waals surface area contributed by atoms with Crippen LogP contribution in [0.1, 0.15) is 70.9 Å². The first-order valence-electron chi connectivity index (χ1n) is 10.6. The summed E-state index contributed by atoms with van der Waals surface area (Å²) < 4.78 is 0. The van der Waals surface area contributed by atoms with Gasteiger partial charge >= 0.3 is 0 Å². The number of carbonyl (C=O) groups is 2. The summed E-state index contributed by atoms with van der Waals surface area (Å²) >= 11 is 6.24. The van der Waals surface area contributed by atoms with E-state index >= 15 is 0 Å². The third kappa shape index (κ3) is 4.71. The summed E-state index contributed by atoms with van der Waals surface area (Å²) in [5.41, 5.74) is 0.646. The first kappa shape index (κ1) is 21.2. The van der Waals surface area contributed by atoms with Gasteiger partial charge in [0, 0.05) is 30.5 Å². The van der Waals surface area contributed by atoms with Crippen molar-refractivity contribution in [1.29, 1.82) is 0 Å². The van der Waals surface area contributed by atoms with Crippen LogP contribution in [0.5, 0.6) is 0 Å². The lowest BCUT2D eigenvalue weighted by Crippen LogP contribution is -2.48. The number of nitrogens with zero attached hydrogens (tertiary/aromatic N) is 1. The van der Waals surface area contributed by atoms with E-state index in [2.05, 4.69) is 25.2 Å². The zero-order valence-electron chi connectivity index (χ0n) is 17.3. The van der Waals surface area contributed by atoms with E-state index in [-0.39, 0.29) is 23.8 Å². The van der Waals surface area contributed by atoms with E-state index in [0.717, 1.165) is 44.3 Å². The Bertz CT molecular complexity index is 704. The van der Waals surface area contributed by atoms with Crippen molar-refractivity contribution in [2.24, 2.45) is 17.3 Å². The minimum atomic E-state index is -0.460. The Morgan fingerprint density at radius 1 is 1.14 bits per heavy atom. The number of likely N-dealkylation sites (tertiary alicyclic amines) is 1. The molecule has 1 heterocycles. The van der Waals surface area contributed by atoms with Crippen LogP contribution in [-0.4, -0.2) is 29.8 Å². The number of amides is 2. The molecule has 1 aliphatic heterocycles. The number of carbonyl (C=O) groups excluding carboxylic acids is 2. The quantitative estimate of drug-likeness (QED) is 0.752. The van der Waals surface area contributed by atoms with Crippen LogP contribution < -0.4 is 5.32 Å². The monoisotopic (exact) mass is 404 g/mol. The number of hydrogen-bond acceptors (Lipinski definition) is 2. The highest BCUT2D eigenvalue weighted by atomic mass is 35.5. The van der Waals surface area contributed by atoms with Crippen molar-refractivity contribution in [3.8, 4) is 0 Å². The van der Waals surface area contributed by atoms with Gasteiger partial charge in [-0.25, -0.2) is 0 Å². The summed E-state index contributed by atoms with van der Waals surface area (Å²) in [7, 11) is 0. The molecule has 2 fully saturated rings. The molecule has 1 N–H and O–H groups in total. The molecule has 28 heavy (non-hydrogen) atoms. The number of piperidine rings is 1. The van der Waals surface area contributed by atoms with Gasteiger partial charge < -0.3 is 10.2 Å². The molecular formula is C23H33ClN2O2. The van der Waals surface area contributed by atoms with Crippen LogP contribution in [-0.2, 0) is 9.59 Å². The van der Waals surface area contributed by atoms with E-state index in [1.807, 2.05) is 23.1 Å². The molecule has 5 heteroatoms. The number of hydrogen-bond donors (Lipinski definition) is 1. The SMILES string of the molecule is CC(=O)N1CCC(C(C)(C)C(=O)N[C@H](c2cccc(Cl)c2)C2CCCC2)CC1. The summed E-state index contributed by atoms with van der Waals surface area (Å²) in [4.78, 5) is 26.9. The second kappa shape index (κ2) is 8.86. The molecule has 154 valence electrons. The van der Waals surface area contributed by atoms with E-state index in [1.54, 1.807) is 6.92 Å². The van der Waals surface area contributed by atoms with Crippen LogP contribution in [0.3, 0.4) is 0 Å². The van der Waals surface area contributed by atoms with Gasteiger partial charge in [-0.15, -0.1) is 0 Å². The van der Waals surface area contributed by atoms with Crippen LogP contribution in [0.4, 0.5) is 0 Å². The average molecular weight is 405 g/mol. The van der Waals surface area contributed by atoms with Crippen LogP contribution in [0.25, 0.3) is 0 Å². The van der Waals surface area contributed by atoms with Crippen molar-refractivity contribution in [3.63, 3.8) is 0 Å². The lowest BCUT2D eigenvalue weighted by Gasteiger charge is -2.40. The number of rotatable bonds is 5.